The van der Waals surface area contributed by atoms with Crippen LogP contribution < -0.4 is 15.2 Å². The van der Waals surface area contributed by atoms with Crippen molar-refractivity contribution in [3.63, 3.8) is 0 Å². The summed E-state index contributed by atoms with van der Waals surface area (Å²) in [5, 5.41) is 0. The summed E-state index contributed by atoms with van der Waals surface area (Å²) in [6.07, 6.45) is 1.54. The Kier molecular flexibility index (Phi) is 6.87. The first kappa shape index (κ1) is 16.3. The van der Waals surface area contributed by atoms with Crippen molar-refractivity contribution in [2.45, 2.75) is 32.7 Å². The molecule has 0 fully saturated rings. The summed E-state index contributed by atoms with van der Waals surface area (Å²) in [5.74, 6) is 0.767. The number of esters is 1. The van der Waals surface area contributed by atoms with Gasteiger partial charge >= 0.3 is 5.97 Å². The van der Waals surface area contributed by atoms with Crippen LogP contribution in [0.1, 0.15) is 25.8 Å². The lowest BCUT2D eigenvalue weighted by Crippen LogP contribution is -2.22. The summed E-state index contributed by atoms with van der Waals surface area (Å²) >= 11 is 0. The van der Waals surface area contributed by atoms with Crippen molar-refractivity contribution in [1.29, 1.82) is 0 Å². The summed E-state index contributed by atoms with van der Waals surface area (Å²) < 4.78 is 15.7. The fraction of sp³-hybridized carbons (Fsp3) is 0.533. The van der Waals surface area contributed by atoms with Crippen LogP contribution in [0.2, 0.25) is 0 Å². The van der Waals surface area contributed by atoms with Crippen LogP contribution >= 0.6 is 0 Å². The van der Waals surface area contributed by atoms with E-state index >= 15 is 0 Å². The molecule has 1 aromatic carbocycles. The van der Waals surface area contributed by atoms with Crippen LogP contribution in [0.15, 0.2) is 18.2 Å². The lowest BCUT2D eigenvalue weighted by molar-refractivity contribution is -0.142. The van der Waals surface area contributed by atoms with Crippen LogP contribution in [0.5, 0.6) is 11.5 Å². The van der Waals surface area contributed by atoms with Crippen LogP contribution in [0.4, 0.5) is 0 Å². The largest absolute Gasteiger partial charge is 0.490 e. The van der Waals surface area contributed by atoms with E-state index in [9.17, 15) is 4.79 Å². The van der Waals surface area contributed by atoms with E-state index < -0.39 is 5.97 Å². The maximum Gasteiger partial charge on any atom is 0.343 e. The van der Waals surface area contributed by atoms with Crippen LogP contribution in [0.25, 0.3) is 0 Å². The van der Waals surface area contributed by atoms with Crippen LogP contribution in [-0.4, -0.2) is 32.3 Å². The average Bonchev–Trinajstić information content (AvgIpc) is 2.46. The predicted octanol–water partition coefficient (Wildman–Crippen LogP) is 1.92. The standard InChI is InChI=1S/C15H23NO4/c1-4-12(16)9-11-7-6-8-13(19-5-2)15(11)20-10-14(17)18-3/h6-8,12H,4-5,9-10,16H2,1-3H3. The summed E-state index contributed by atoms with van der Waals surface area (Å²) in [4.78, 5) is 11.2. The molecule has 1 aromatic rings. The van der Waals surface area contributed by atoms with E-state index in [1.165, 1.54) is 7.11 Å². The minimum absolute atomic E-state index is 0.0485. The lowest BCUT2D eigenvalue weighted by atomic mass is 10.0. The molecule has 5 nitrogen and oxygen atoms in total. The summed E-state index contributed by atoms with van der Waals surface area (Å²) in [6.45, 7) is 4.31. The molecule has 0 aliphatic rings. The molecule has 1 rings (SSSR count). The zero-order valence-electron chi connectivity index (χ0n) is 12.3. The van der Waals surface area contributed by atoms with Crippen molar-refractivity contribution in [1.82, 2.24) is 0 Å². The van der Waals surface area contributed by atoms with Gasteiger partial charge in [-0.15, -0.1) is 0 Å². The van der Waals surface area contributed by atoms with Crippen molar-refractivity contribution in [3.05, 3.63) is 23.8 Å². The smallest absolute Gasteiger partial charge is 0.343 e. The predicted molar refractivity (Wildman–Crippen MR) is 77.1 cm³/mol. The Hall–Kier alpha value is -1.75. The van der Waals surface area contributed by atoms with Gasteiger partial charge < -0.3 is 19.9 Å². The van der Waals surface area contributed by atoms with E-state index in [4.69, 9.17) is 15.2 Å². The van der Waals surface area contributed by atoms with Crippen molar-refractivity contribution in [2.24, 2.45) is 5.73 Å². The maximum absolute atomic E-state index is 11.2. The number of carbonyl (C=O) groups is 1. The zero-order chi connectivity index (χ0) is 15.0. The summed E-state index contributed by atoms with van der Waals surface area (Å²) in [6, 6.07) is 5.70. The normalized spacial score (nSPS) is 11.8. The highest BCUT2D eigenvalue weighted by molar-refractivity contribution is 5.71. The molecule has 0 aromatic heterocycles. The fourth-order valence-corrected chi connectivity index (χ4v) is 1.77. The highest BCUT2D eigenvalue weighted by Gasteiger charge is 2.15. The number of hydrogen-bond acceptors (Lipinski definition) is 5. The second-order valence-electron chi connectivity index (χ2n) is 4.41. The van der Waals surface area contributed by atoms with Gasteiger partial charge in [-0.05, 0) is 31.4 Å². The molecule has 112 valence electrons. The van der Waals surface area contributed by atoms with Gasteiger partial charge in [-0.1, -0.05) is 19.1 Å². The van der Waals surface area contributed by atoms with E-state index in [0.29, 0.717) is 24.5 Å². The van der Waals surface area contributed by atoms with Gasteiger partial charge in [0.25, 0.3) is 0 Å². The van der Waals surface area contributed by atoms with Gasteiger partial charge in [0.2, 0.25) is 0 Å². The third-order valence-corrected chi connectivity index (χ3v) is 2.93. The fourth-order valence-electron chi connectivity index (χ4n) is 1.77. The second kappa shape index (κ2) is 8.43. The highest BCUT2D eigenvalue weighted by Crippen LogP contribution is 2.32. The molecular formula is C15H23NO4. The Morgan fingerprint density at radius 1 is 1.30 bits per heavy atom. The van der Waals surface area contributed by atoms with Gasteiger partial charge in [0.1, 0.15) is 0 Å². The Morgan fingerprint density at radius 3 is 2.65 bits per heavy atom. The van der Waals surface area contributed by atoms with E-state index in [1.54, 1.807) is 0 Å². The maximum atomic E-state index is 11.2. The van der Waals surface area contributed by atoms with Crippen molar-refractivity contribution in [2.75, 3.05) is 20.3 Å². The highest BCUT2D eigenvalue weighted by atomic mass is 16.6. The summed E-state index contributed by atoms with van der Waals surface area (Å²) in [7, 11) is 1.33. The first-order chi connectivity index (χ1) is 9.62. The Morgan fingerprint density at radius 2 is 2.05 bits per heavy atom. The quantitative estimate of drug-likeness (QED) is 0.737. The molecule has 0 heterocycles. The average molecular weight is 281 g/mol. The molecule has 20 heavy (non-hydrogen) atoms. The molecule has 0 radical (unpaired) electrons. The Balaban J connectivity index is 2.96. The molecule has 1 atom stereocenters. The first-order valence-electron chi connectivity index (χ1n) is 6.82. The van der Waals surface area contributed by atoms with E-state index in [-0.39, 0.29) is 12.6 Å². The van der Waals surface area contributed by atoms with Crippen molar-refractivity contribution < 1.29 is 19.0 Å². The van der Waals surface area contributed by atoms with Crippen molar-refractivity contribution in [3.8, 4) is 11.5 Å². The monoisotopic (exact) mass is 281 g/mol. The first-order valence-corrected chi connectivity index (χ1v) is 6.82. The molecule has 0 amide bonds. The number of benzene rings is 1. The molecule has 5 heteroatoms. The van der Waals surface area contributed by atoms with Crippen LogP contribution in [0.3, 0.4) is 0 Å². The minimum atomic E-state index is -0.429. The van der Waals surface area contributed by atoms with Gasteiger partial charge in [0.05, 0.1) is 13.7 Å². The van der Waals surface area contributed by atoms with Gasteiger partial charge in [-0.2, -0.15) is 0 Å². The molecule has 0 bridgehead atoms. The number of para-hydroxylation sites is 1. The molecule has 0 spiro atoms. The Bertz CT molecular complexity index is 434. The van der Waals surface area contributed by atoms with Gasteiger partial charge in [0.15, 0.2) is 18.1 Å². The van der Waals surface area contributed by atoms with Gasteiger partial charge in [-0.25, -0.2) is 4.79 Å². The molecule has 1 unspecified atom stereocenters. The Labute approximate surface area is 120 Å². The number of ether oxygens (including phenoxy) is 3. The third-order valence-electron chi connectivity index (χ3n) is 2.93. The minimum Gasteiger partial charge on any atom is -0.490 e. The van der Waals surface area contributed by atoms with Gasteiger partial charge in [0, 0.05) is 6.04 Å². The van der Waals surface area contributed by atoms with E-state index in [2.05, 4.69) is 4.74 Å². The number of methoxy groups -OCH3 is 1. The molecule has 2 N–H and O–H groups in total. The third kappa shape index (κ3) is 4.74. The van der Waals surface area contributed by atoms with E-state index in [0.717, 1.165) is 12.0 Å². The lowest BCUT2D eigenvalue weighted by Gasteiger charge is -2.17. The molecule has 0 aliphatic carbocycles. The van der Waals surface area contributed by atoms with Crippen LogP contribution in [0, 0.1) is 0 Å². The number of carbonyl (C=O) groups excluding carboxylic acids is 1. The second-order valence-corrected chi connectivity index (χ2v) is 4.41. The zero-order valence-corrected chi connectivity index (χ0v) is 12.3. The summed E-state index contributed by atoms with van der Waals surface area (Å²) in [5.41, 5.74) is 6.93. The number of hydrogen-bond donors (Lipinski definition) is 1. The van der Waals surface area contributed by atoms with Crippen LogP contribution in [-0.2, 0) is 16.0 Å². The number of rotatable bonds is 8. The molecular weight excluding hydrogens is 258 g/mol. The molecule has 0 aliphatic heterocycles. The SMILES string of the molecule is CCOc1cccc(CC(N)CC)c1OCC(=O)OC. The topological polar surface area (TPSA) is 70.8 Å². The molecule has 0 saturated carbocycles. The van der Waals surface area contributed by atoms with Gasteiger partial charge in [-0.3, -0.25) is 0 Å². The van der Waals surface area contributed by atoms with Crippen molar-refractivity contribution >= 4 is 5.97 Å². The number of nitrogens with two attached hydrogens (primary N) is 1. The molecule has 0 saturated heterocycles. The van der Waals surface area contributed by atoms with E-state index in [1.807, 2.05) is 32.0 Å².